The first-order chi connectivity index (χ1) is 14.8. The molecule has 1 aromatic heterocycles. The van der Waals surface area contributed by atoms with Crippen LogP contribution in [0.5, 0.6) is 0 Å². The van der Waals surface area contributed by atoms with Crippen molar-refractivity contribution >= 4 is 23.7 Å². The van der Waals surface area contributed by atoms with Crippen LogP contribution in [0, 0.1) is 0 Å². The van der Waals surface area contributed by atoms with Gasteiger partial charge in [0.2, 0.25) is 0 Å². The van der Waals surface area contributed by atoms with Gasteiger partial charge in [0.1, 0.15) is 5.60 Å². The molecule has 1 aromatic carbocycles. The Morgan fingerprint density at radius 2 is 1.97 bits per heavy atom. The van der Waals surface area contributed by atoms with Crippen LogP contribution in [0.2, 0.25) is 0 Å². The molecular weight excluding hydrogens is 414 g/mol. The molecule has 0 saturated heterocycles. The number of aromatic nitrogens is 2. The molecule has 1 aliphatic rings. The third-order valence-electron chi connectivity index (χ3n) is 4.85. The fourth-order valence-corrected chi connectivity index (χ4v) is 3.78. The van der Waals surface area contributed by atoms with Gasteiger partial charge in [-0.25, -0.2) is 9.68 Å². The maximum atomic E-state index is 12.3. The summed E-state index contributed by atoms with van der Waals surface area (Å²) in [6.45, 7) is 9.68. The Balaban J connectivity index is 1.67. The van der Waals surface area contributed by atoms with Gasteiger partial charge in [-0.15, -0.1) is 0 Å². The molecule has 0 bridgehead atoms. The largest absolute Gasteiger partial charge is 0.444 e. The van der Waals surface area contributed by atoms with Crippen molar-refractivity contribution in [2.75, 3.05) is 20.2 Å². The summed E-state index contributed by atoms with van der Waals surface area (Å²) in [4.78, 5) is 19.6. The molecule has 2 aromatic rings. The average Bonchev–Trinajstić information content (AvgIpc) is 3.15. The van der Waals surface area contributed by atoms with Gasteiger partial charge in [-0.05, 0) is 56.9 Å². The number of amides is 1. The van der Waals surface area contributed by atoms with Crippen LogP contribution in [0.25, 0.3) is 5.57 Å². The summed E-state index contributed by atoms with van der Waals surface area (Å²) in [7, 11) is 1.48. The maximum Gasteiger partial charge on any atom is 0.410 e. The van der Waals surface area contributed by atoms with E-state index in [-0.39, 0.29) is 6.09 Å². The molecule has 3 rings (SSSR count). The molecule has 0 aliphatic carbocycles. The number of carbonyl (C=O) groups excluding carboxylic acids is 1. The van der Waals surface area contributed by atoms with Crippen molar-refractivity contribution in [1.29, 1.82) is 0 Å². The van der Waals surface area contributed by atoms with Crippen LogP contribution < -0.4 is 0 Å². The highest BCUT2D eigenvalue weighted by Gasteiger charge is 2.25. The highest BCUT2D eigenvalue weighted by molar-refractivity contribution is 7.94. The first-order valence-electron chi connectivity index (χ1n) is 10.5. The van der Waals surface area contributed by atoms with Gasteiger partial charge >= 0.3 is 6.09 Å². The lowest BCUT2D eigenvalue weighted by molar-refractivity contribution is -0.160. The number of ether oxygens (including phenoxy) is 1. The van der Waals surface area contributed by atoms with Gasteiger partial charge in [0.25, 0.3) is 0 Å². The summed E-state index contributed by atoms with van der Waals surface area (Å²) in [6, 6.07) is 8.12. The maximum absolute atomic E-state index is 12.3. The Morgan fingerprint density at radius 1 is 1.23 bits per heavy atom. The van der Waals surface area contributed by atoms with Gasteiger partial charge in [0.05, 0.1) is 31.4 Å². The summed E-state index contributed by atoms with van der Waals surface area (Å²) in [5.41, 5.74) is 4.17. The van der Waals surface area contributed by atoms with E-state index in [4.69, 9.17) is 14.2 Å². The molecule has 0 radical (unpaired) electrons. The van der Waals surface area contributed by atoms with Crippen LogP contribution in [-0.2, 0) is 26.9 Å². The number of benzene rings is 1. The SMILES string of the molecule is CCc1nn(Cc2ccc(SOOC)cc2)cc1C1=CCN(C(=O)OC(C)(C)C)CC1. The molecule has 168 valence electrons. The summed E-state index contributed by atoms with van der Waals surface area (Å²) in [6.07, 6.45) is 5.63. The monoisotopic (exact) mass is 445 g/mol. The van der Waals surface area contributed by atoms with Crippen LogP contribution in [0.15, 0.2) is 41.4 Å². The van der Waals surface area contributed by atoms with Gasteiger partial charge in [0, 0.05) is 29.7 Å². The first-order valence-corrected chi connectivity index (χ1v) is 11.2. The first kappa shape index (κ1) is 23.4. The van der Waals surface area contributed by atoms with Gasteiger partial charge in [0.15, 0.2) is 0 Å². The molecule has 0 atom stereocenters. The number of nitrogens with zero attached hydrogens (tertiary/aromatic N) is 3. The van der Waals surface area contributed by atoms with E-state index < -0.39 is 5.60 Å². The van der Waals surface area contributed by atoms with E-state index in [0.717, 1.165) is 29.0 Å². The quantitative estimate of drug-likeness (QED) is 0.335. The predicted octanol–water partition coefficient (Wildman–Crippen LogP) is 5.10. The Morgan fingerprint density at radius 3 is 2.55 bits per heavy atom. The minimum Gasteiger partial charge on any atom is -0.444 e. The zero-order chi connectivity index (χ0) is 22.4. The van der Waals surface area contributed by atoms with Crippen molar-refractivity contribution in [3.63, 3.8) is 0 Å². The van der Waals surface area contributed by atoms with Crippen LogP contribution in [-0.4, -0.2) is 46.6 Å². The van der Waals surface area contributed by atoms with Gasteiger partial charge in [-0.2, -0.15) is 9.43 Å². The number of hydrogen-bond acceptors (Lipinski definition) is 6. The highest BCUT2D eigenvalue weighted by atomic mass is 32.2. The Labute approximate surface area is 188 Å². The molecule has 31 heavy (non-hydrogen) atoms. The van der Waals surface area contributed by atoms with Crippen molar-refractivity contribution in [2.45, 2.75) is 57.6 Å². The lowest BCUT2D eigenvalue weighted by atomic mass is 9.99. The highest BCUT2D eigenvalue weighted by Crippen LogP contribution is 2.27. The second-order valence-corrected chi connectivity index (χ2v) is 9.18. The zero-order valence-electron chi connectivity index (χ0n) is 18.9. The smallest absolute Gasteiger partial charge is 0.410 e. The molecule has 0 fully saturated rings. The molecule has 1 amide bonds. The fraction of sp³-hybridized carbons (Fsp3) is 0.478. The summed E-state index contributed by atoms with van der Waals surface area (Å²) < 4.78 is 12.4. The summed E-state index contributed by atoms with van der Waals surface area (Å²) in [5, 5.41) is 4.79. The minimum atomic E-state index is -0.481. The molecule has 0 unspecified atom stereocenters. The van der Waals surface area contributed by atoms with E-state index >= 15 is 0 Å². The average molecular weight is 446 g/mol. The lowest BCUT2D eigenvalue weighted by Crippen LogP contribution is -2.39. The molecule has 1 aliphatic heterocycles. The Kier molecular flexibility index (Phi) is 7.80. The van der Waals surface area contributed by atoms with E-state index in [2.05, 4.69) is 36.2 Å². The van der Waals surface area contributed by atoms with E-state index in [0.29, 0.717) is 19.6 Å². The van der Waals surface area contributed by atoms with E-state index in [1.807, 2.05) is 37.6 Å². The van der Waals surface area contributed by atoms with E-state index in [9.17, 15) is 4.79 Å². The molecule has 0 saturated carbocycles. The summed E-state index contributed by atoms with van der Waals surface area (Å²) in [5.74, 6) is 0. The van der Waals surface area contributed by atoms with Crippen LogP contribution in [0.1, 0.15) is 50.9 Å². The van der Waals surface area contributed by atoms with Crippen molar-refractivity contribution in [2.24, 2.45) is 0 Å². The van der Waals surface area contributed by atoms with Crippen molar-refractivity contribution in [3.05, 3.63) is 53.4 Å². The normalized spacial score (nSPS) is 14.5. The topological polar surface area (TPSA) is 65.8 Å². The number of carbonyl (C=O) groups is 1. The zero-order valence-corrected chi connectivity index (χ0v) is 19.7. The van der Waals surface area contributed by atoms with Crippen molar-refractivity contribution in [3.8, 4) is 0 Å². The third kappa shape index (κ3) is 6.59. The molecular formula is C23H31N3O4S. The van der Waals surface area contributed by atoms with Crippen LogP contribution in [0.3, 0.4) is 0 Å². The van der Waals surface area contributed by atoms with Crippen molar-refractivity contribution in [1.82, 2.24) is 14.7 Å². The number of aryl methyl sites for hydroxylation is 1. The van der Waals surface area contributed by atoms with Gasteiger partial charge in [-0.3, -0.25) is 4.68 Å². The van der Waals surface area contributed by atoms with Crippen LogP contribution in [0.4, 0.5) is 4.79 Å². The number of rotatable bonds is 7. The summed E-state index contributed by atoms with van der Waals surface area (Å²) >= 11 is 1.18. The lowest BCUT2D eigenvalue weighted by Gasteiger charge is -2.29. The van der Waals surface area contributed by atoms with Gasteiger partial charge in [-0.1, -0.05) is 25.1 Å². The van der Waals surface area contributed by atoms with E-state index in [1.165, 1.54) is 30.3 Å². The second kappa shape index (κ2) is 10.3. The molecule has 2 heterocycles. The third-order valence-corrected chi connectivity index (χ3v) is 5.51. The minimum absolute atomic E-state index is 0.258. The van der Waals surface area contributed by atoms with E-state index in [1.54, 1.807) is 4.90 Å². The molecule has 0 spiro atoms. The fourth-order valence-electron chi connectivity index (χ4n) is 3.39. The van der Waals surface area contributed by atoms with Gasteiger partial charge < -0.3 is 9.64 Å². The molecule has 0 N–H and O–H groups in total. The van der Waals surface area contributed by atoms with Crippen molar-refractivity contribution < 1.29 is 18.8 Å². The molecule has 7 nitrogen and oxygen atoms in total. The Hall–Kier alpha value is -2.29. The van der Waals surface area contributed by atoms with Crippen LogP contribution >= 0.6 is 12.0 Å². The predicted molar refractivity (Wildman–Crippen MR) is 122 cm³/mol. The standard InChI is InChI=1S/C23H31N3O4S/c1-6-21-20(18-11-13-25(14-12-18)22(27)29-23(2,3)4)16-26(24-21)15-17-7-9-19(10-8-17)31-30-28-5/h7-11,16H,6,12-15H2,1-5H3. The molecule has 8 heteroatoms. The number of hydrogen-bond donors (Lipinski definition) is 0. The Bertz CT molecular complexity index is 916. The second-order valence-electron chi connectivity index (χ2n) is 8.41.